The van der Waals surface area contributed by atoms with Gasteiger partial charge >= 0.3 is 0 Å². The quantitative estimate of drug-likeness (QED) is 0.636. The second kappa shape index (κ2) is 5.08. The third-order valence-corrected chi connectivity index (χ3v) is 3.47. The van der Waals surface area contributed by atoms with Gasteiger partial charge in [-0.05, 0) is 30.3 Å². The van der Waals surface area contributed by atoms with Crippen LogP contribution in [0.4, 0.5) is 0 Å². The van der Waals surface area contributed by atoms with E-state index in [2.05, 4.69) is 4.98 Å². The first-order valence-electron chi connectivity index (χ1n) is 5.71. The molecule has 94 valence electrons. The number of hydrogen-bond donors (Lipinski definition) is 0. The molecule has 0 saturated heterocycles. The second-order valence-electron chi connectivity index (χ2n) is 4.00. The van der Waals surface area contributed by atoms with Gasteiger partial charge in [-0.2, -0.15) is 0 Å². The highest BCUT2D eigenvalue weighted by molar-refractivity contribution is 6.42. The molecule has 3 aromatic rings. The van der Waals surface area contributed by atoms with E-state index in [0.717, 1.165) is 16.7 Å². The minimum atomic E-state index is 0.470. The van der Waals surface area contributed by atoms with Gasteiger partial charge in [0.15, 0.2) is 0 Å². The van der Waals surface area contributed by atoms with Crippen LogP contribution in [-0.4, -0.2) is 4.98 Å². The van der Waals surface area contributed by atoms with Crippen molar-refractivity contribution in [2.24, 2.45) is 0 Å². The fourth-order valence-corrected chi connectivity index (χ4v) is 2.11. The number of aromatic nitrogens is 1. The van der Waals surface area contributed by atoms with E-state index in [-0.39, 0.29) is 0 Å². The Morgan fingerprint density at radius 1 is 0.895 bits per heavy atom. The van der Waals surface area contributed by atoms with E-state index < -0.39 is 0 Å². The molecular weight excluding hydrogens is 281 g/mol. The highest BCUT2D eigenvalue weighted by Gasteiger charge is 2.05. The summed E-state index contributed by atoms with van der Waals surface area (Å²) in [6, 6.07) is 14.8. The predicted octanol–water partition coefficient (Wildman–Crippen LogP) is 5.33. The van der Waals surface area contributed by atoms with E-state index in [1.165, 1.54) is 0 Å². The van der Waals surface area contributed by atoms with E-state index in [9.17, 15) is 0 Å². The van der Waals surface area contributed by atoms with E-state index >= 15 is 0 Å². The van der Waals surface area contributed by atoms with Crippen LogP contribution in [-0.2, 0) is 0 Å². The van der Waals surface area contributed by atoms with Crippen LogP contribution in [0.25, 0.3) is 10.9 Å². The molecule has 19 heavy (non-hydrogen) atoms. The van der Waals surface area contributed by atoms with Gasteiger partial charge < -0.3 is 4.74 Å². The first-order chi connectivity index (χ1) is 9.24. The van der Waals surface area contributed by atoms with Crippen molar-refractivity contribution in [1.29, 1.82) is 0 Å². The van der Waals surface area contributed by atoms with Crippen molar-refractivity contribution in [2.75, 3.05) is 0 Å². The Bertz CT molecular complexity index is 738. The molecule has 0 aliphatic heterocycles. The Kier molecular flexibility index (Phi) is 3.28. The lowest BCUT2D eigenvalue weighted by molar-refractivity contribution is 0.488. The molecule has 2 aromatic carbocycles. The SMILES string of the molecule is Clc1ccc(Oc2ccnc3ccccc23)cc1Cl. The summed E-state index contributed by atoms with van der Waals surface area (Å²) >= 11 is 11.9. The number of fused-ring (bicyclic) bond motifs is 1. The molecule has 0 amide bonds. The van der Waals surface area contributed by atoms with Gasteiger partial charge in [-0.1, -0.05) is 35.3 Å². The zero-order valence-corrected chi connectivity index (χ0v) is 11.3. The van der Waals surface area contributed by atoms with Crippen LogP contribution in [0.1, 0.15) is 0 Å². The first-order valence-corrected chi connectivity index (χ1v) is 6.46. The Balaban J connectivity index is 2.03. The minimum Gasteiger partial charge on any atom is -0.457 e. The molecule has 3 rings (SSSR count). The maximum absolute atomic E-state index is 5.97. The molecule has 0 fully saturated rings. The van der Waals surface area contributed by atoms with Gasteiger partial charge in [0.25, 0.3) is 0 Å². The van der Waals surface area contributed by atoms with Gasteiger partial charge in [-0.25, -0.2) is 0 Å². The lowest BCUT2D eigenvalue weighted by Crippen LogP contribution is -1.87. The molecule has 0 N–H and O–H groups in total. The molecule has 1 aromatic heterocycles. The highest BCUT2D eigenvalue weighted by Crippen LogP contribution is 2.32. The topological polar surface area (TPSA) is 22.1 Å². The summed E-state index contributed by atoms with van der Waals surface area (Å²) in [7, 11) is 0. The van der Waals surface area contributed by atoms with Crippen LogP contribution in [0.3, 0.4) is 0 Å². The van der Waals surface area contributed by atoms with Crippen LogP contribution in [0, 0.1) is 0 Å². The Hall–Kier alpha value is -1.77. The van der Waals surface area contributed by atoms with Crippen molar-refractivity contribution in [1.82, 2.24) is 4.98 Å². The molecule has 0 bridgehead atoms. The van der Waals surface area contributed by atoms with Crippen LogP contribution < -0.4 is 4.74 Å². The van der Waals surface area contributed by atoms with Gasteiger partial charge in [0.2, 0.25) is 0 Å². The standard InChI is InChI=1S/C15H9Cl2NO/c16-12-6-5-10(9-13(12)17)19-15-7-8-18-14-4-2-1-3-11(14)15/h1-9H. The third kappa shape index (κ3) is 2.50. The molecule has 0 unspecified atom stereocenters. The van der Waals surface area contributed by atoms with Crippen molar-refractivity contribution in [3.63, 3.8) is 0 Å². The molecule has 0 atom stereocenters. The van der Waals surface area contributed by atoms with Crippen LogP contribution >= 0.6 is 23.2 Å². The highest BCUT2D eigenvalue weighted by atomic mass is 35.5. The molecule has 0 spiro atoms. The monoisotopic (exact) mass is 289 g/mol. The Labute approximate surface area is 120 Å². The summed E-state index contributed by atoms with van der Waals surface area (Å²) in [5, 5.41) is 1.93. The number of para-hydroxylation sites is 1. The molecule has 0 radical (unpaired) electrons. The largest absolute Gasteiger partial charge is 0.457 e. The molecule has 4 heteroatoms. The summed E-state index contributed by atoms with van der Waals surface area (Å²) in [5.41, 5.74) is 0.889. The summed E-state index contributed by atoms with van der Waals surface area (Å²) in [4.78, 5) is 4.29. The van der Waals surface area contributed by atoms with Crippen LogP contribution in [0.2, 0.25) is 10.0 Å². The first kappa shape index (κ1) is 12.3. The fourth-order valence-electron chi connectivity index (χ4n) is 1.83. The van der Waals surface area contributed by atoms with Crippen molar-refractivity contribution in [3.8, 4) is 11.5 Å². The van der Waals surface area contributed by atoms with Crippen molar-refractivity contribution in [3.05, 3.63) is 64.8 Å². The average molecular weight is 290 g/mol. The molecule has 1 heterocycles. The van der Waals surface area contributed by atoms with Gasteiger partial charge in [-0.3, -0.25) is 4.98 Å². The smallest absolute Gasteiger partial charge is 0.138 e. The van der Waals surface area contributed by atoms with E-state index in [1.54, 1.807) is 24.4 Å². The van der Waals surface area contributed by atoms with E-state index in [1.807, 2.05) is 30.3 Å². The lowest BCUT2D eigenvalue weighted by Gasteiger charge is -2.09. The number of rotatable bonds is 2. The van der Waals surface area contributed by atoms with Gasteiger partial charge in [0, 0.05) is 17.6 Å². The number of pyridine rings is 1. The fraction of sp³-hybridized carbons (Fsp3) is 0. The average Bonchev–Trinajstić information content (AvgIpc) is 2.43. The van der Waals surface area contributed by atoms with Gasteiger partial charge in [0.05, 0.1) is 15.6 Å². The zero-order valence-electron chi connectivity index (χ0n) is 9.81. The van der Waals surface area contributed by atoms with Crippen LogP contribution in [0.5, 0.6) is 11.5 Å². The maximum Gasteiger partial charge on any atom is 0.138 e. The number of ether oxygens (including phenoxy) is 1. The molecular formula is C15H9Cl2NO. The van der Waals surface area contributed by atoms with Crippen LogP contribution in [0.15, 0.2) is 54.7 Å². The molecule has 0 saturated carbocycles. The summed E-state index contributed by atoms with van der Waals surface area (Å²) in [6.45, 7) is 0. The summed E-state index contributed by atoms with van der Waals surface area (Å²) < 4.78 is 5.84. The third-order valence-electron chi connectivity index (χ3n) is 2.73. The molecule has 2 nitrogen and oxygen atoms in total. The lowest BCUT2D eigenvalue weighted by atomic mass is 10.2. The second-order valence-corrected chi connectivity index (χ2v) is 4.82. The molecule has 0 aliphatic rings. The van der Waals surface area contributed by atoms with Gasteiger partial charge in [-0.15, -0.1) is 0 Å². The van der Waals surface area contributed by atoms with Gasteiger partial charge in [0.1, 0.15) is 11.5 Å². The normalized spacial score (nSPS) is 10.6. The van der Waals surface area contributed by atoms with Crippen molar-refractivity contribution < 1.29 is 4.74 Å². The maximum atomic E-state index is 5.97. The summed E-state index contributed by atoms with van der Waals surface area (Å²) in [6.07, 6.45) is 1.72. The number of benzene rings is 2. The number of nitrogens with zero attached hydrogens (tertiary/aromatic N) is 1. The van der Waals surface area contributed by atoms with Crippen molar-refractivity contribution >= 4 is 34.1 Å². The predicted molar refractivity (Wildman–Crippen MR) is 78.3 cm³/mol. The summed E-state index contributed by atoms with van der Waals surface area (Å²) in [5.74, 6) is 1.38. The molecule has 0 aliphatic carbocycles. The zero-order chi connectivity index (χ0) is 13.2. The number of hydrogen-bond acceptors (Lipinski definition) is 2. The number of halogens is 2. The Morgan fingerprint density at radius 2 is 1.74 bits per heavy atom. The minimum absolute atomic E-state index is 0.470. The van der Waals surface area contributed by atoms with E-state index in [0.29, 0.717) is 15.8 Å². The van der Waals surface area contributed by atoms with Crippen molar-refractivity contribution in [2.45, 2.75) is 0 Å². The van der Waals surface area contributed by atoms with E-state index in [4.69, 9.17) is 27.9 Å². The Morgan fingerprint density at radius 3 is 2.58 bits per heavy atom.